The number of nitrogens with one attached hydrogen (secondary N) is 1. The third kappa shape index (κ3) is 4.20. The van der Waals surface area contributed by atoms with Crippen molar-refractivity contribution in [1.82, 2.24) is 20.1 Å². The summed E-state index contributed by atoms with van der Waals surface area (Å²) in [6, 6.07) is 12.0. The summed E-state index contributed by atoms with van der Waals surface area (Å²) in [5.74, 6) is 0.572. The number of aromatic nitrogens is 3. The van der Waals surface area contributed by atoms with Crippen LogP contribution >= 0.6 is 11.8 Å². The summed E-state index contributed by atoms with van der Waals surface area (Å²) >= 11 is 1.32. The summed E-state index contributed by atoms with van der Waals surface area (Å²) in [4.78, 5) is 12.5. The zero-order valence-electron chi connectivity index (χ0n) is 15.1. The lowest BCUT2D eigenvalue weighted by Crippen LogP contribution is -2.51. The molecule has 0 unspecified atom stereocenters. The fourth-order valence-electron chi connectivity index (χ4n) is 2.16. The molecule has 1 heterocycles. The first-order valence-corrected chi connectivity index (χ1v) is 9.04. The van der Waals surface area contributed by atoms with E-state index in [1.54, 1.807) is 13.8 Å². The number of hydrogen-bond donors (Lipinski definition) is 1. The van der Waals surface area contributed by atoms with Gasteiger partial charge in [0, 0.05) is 5.69 Å². The molecular formula is C18H23N5OS. The lowest BCUT2D eigenvalue weighted by atomic mass is 9.90. The molecule has 1 aromatic carbocycles. The Labute approximate surface area is 152 Å². The standard InChI is InChI=1S/C18H23N5OS/c1-12(2)18(5,11-19)20-16(24)13(3)25-17-22-21-14(4)23(17)15-9-7-6-8-10-15/h6-10,12-13H,1-5H3,(H,20,24)/t13-,18-/m1/s1. The second-order valence-corrected chi connectivity index (χ2v) is 7.73. The summed E-state index contributed by atoms with van der Waals surface area (Å²) < 4.78 is 1.92. The Balaban J connectivity index is 2.18. The number of carbonyl (C=O) groups excluding carboxylic acids is 1. The molecule has 0 saturated carbocycles. The average Bonchev–Trinajstić information content (AvgIpc) is 2.95. The minimum Gasteiger partial charge on any atom is -0.337 e. The molecule has 0 fully saturated rings. The van der Waals surface area contributed by atoms with E-state index in [9.17, 15) is 10.1 Å². The highest BCUT2D eigenvalue weighted by molar-refractivity contribution is 8.00. The highest BCUT2D eigenvalue weighted by atomic mass is 32.2. The number of benzene rings is 1. The second kappa shape index (κ2) is 7.70. The molecule has 0 radical (unpaired) electrons. The van der Waals surface area contributed by atoms with Gasteiger partial charge in [0.2, 0.25) is 5.91 Å². The molecule has 1 N–H and O–H groups in total. The van der Waals surface area contributed by atoms with E-state index in [0.717, 1.165) is 11.5 Å². The molecule has 1 aromatic heterocycles. The van der Waals surface area contributed by atoms with E-state index in [1.807, 2.05) is 55.7 Å². The maximum absolute atomic E-state index is 12.5. The fraction of sp³-hybridized carbons (Fsp3) is 0.444. The number of amides is 1. The summed E-state index contributed by atoms with van der Waals surface area (Å²) in [6.07, 6.45) is 0. The van der Waals surface area contributed by atoms with Gasteiger partial charge in [-0.05, 0) is 38.8 Å². The van der Waals surface area contributed by atoms with Crippen molar-refractivity contribution in [2.45, 2.75) is 50.6 Å². The van der Waals surface area contributed by atoms with E-state index in [-0.39, 0.29) is 11.8 Å². The summed E-state index contributed by atoms with van der Waals surface area (Å²) in [5, 5.41) is 20.8. The largest absolute Gasteiger partial charge is 0.337 e. The Hall–Kier alpha value is -2.33. The van der Waals surface area contributed by atoms with E-state index in [4.69, 9.17) is 0 Å². The number of aryl methyl sites for hydroxylation is 1. The van der Waals surface area contributed by atoms with Gasteiger partial charge in [-0.1, -0.05) is 43.8 Å². The number of hydrogen-bond acceptors (Lipinski definition) is 5. The molecule has 0 aliphatic heterocycles. The zero-order chi connectivity index (χ0) is 18.6. The molecule has 6 nitrogen and oxygen atoms in total. The fourth-order valence-corrected chi connectivity index (χ4v) is 3.08. The van der Waals surface area contributed by atoms with Crippen LogP contribution in [0.2, 0.25) is 0 Å². The van der Waals surface area contributed by atoms with Crippen molar-refractivity contribution in [3.8, 4) is 11.8 Å². The smallest absolute Gasteiger partial charge is 0.234 e. The van der Waals surface area contributed by atoms with Crippen LogP contribution in [0.4, 0.5) is 0 Å². The van der Waals surface area contributed by atoms with Crippen LogP contribution in [0.1, 0.15) is 33.5 Å². The molecule has 25 heavy (non-hydrogen) atoms. The summed E-state index contributed by atoms with van der Waals surface area (Å²) in [5.41, 5.74) is 0.0544. The minimum atomic E-state index is -0.894. The van der Waals surface area contributed by atoms with Crippen LogP contribution in [0.15, 0.2) is 35.5 Å². The second-order valence-electron chi connectivity index (χ2n) is 6.42. The lowest BCUT2D eigenvalue weighted by molar-refractivity contribution is -0.121. The lowest BCUT2D eigenvalue weighted by Gasteiger charge is -2.28. The number of nitriles is 1. The molecule has 2 aromatic rings. The Morgan fingerprint density at radius 3 is 2.48 bits per heavy atom. The van der Waals surface area contributed by atoms with Crippen LogP contribution in [-0.2, 0) is 4.79 Å². The van der Waals surface area contributed by atoms with Crippen molar-refractivity contribution in [3.05, 3.63) is 36.2 Å². The molecule has 0 bridgehead atoms. The van der Waals surface area contributed by atoms with Crippen molar-refractivity contribution in [1.29, 1.82) is 5.26 Å². The molecular weight excluding hydrogens is 334 g/mol. The third-order valence-corrected chi connectivity index (χ3v) is 5.27. The molecule has 0 aliphatic carbocycles. The van der Waals surface area contributed by atoms with Crippen molar-refractivity contribution >= 4 is 17.7 Å². The molecule has 2 atom stereocenters. The first-order valence-electron chi connectivity index (χ1n) is 8.16. The molecule has 2 rings (SSSR count). The molecule has 7 heteroatoms. The minimum absolute atomic E-state index is 0.00821. The predicted molar refractivity (Wildman–Crippen MR) is 98.4 cm³/mol. The van der Waals surface area contributed by atoms with Gasteiger partial charge in [-0.2, -0.15) is 5.26 Å². The van der Waals surface area contributed by atoms with Crippen molar-refractivity contribution in [3.63, 3.8) is 0 Å². The van der Waals surface area contributed by atoms with E-state index in [0.29, 0.717) is 5.16 Å². The number of rotatable bonds is 6. The predicted octanol–water partition coefficient (Wildman–Crippen LogP) is 3.11. The van der Waals surface area contributed by atoms with Crippen LogP contribution < -0.4 is 5.32 Å². The maximum atomic E-state index is 12.5. The number of nitrogens with zero attached hydrogens (tertiary/aromatic N) is 4. The van der Waals surface area contributed by atoms with E-state index in [2.05, 4.69) is 21.6 Å². The van der Waals surface area contributed by atoms with E-state index < -0.39 is 10.8 Å². The van der Waals surface area contributed by atoms with Crippen LogP contribution in [0.5, 0.6) is 0 Å². The van der Waals surface area contributed by atoms with E-state index >= 15 is 0 Å². The molecule has 0 spiro atoms. The summed E-state index contributed by atoms with van der Waals surface area (Å²) in [6.45, 7) is 9.24. The van der Waals surface area contributed by atoms with Gasteiger partial charge >= 0.3 is 0 Å². The normalized spacial score (nSPS) is 14.6. The average molecular weight is 357 g/mol. The van der Waals surface area contributed by atoms with Gasteiger partial charge in [0.05, 0.1) is 11.3 Å². The van der Waals surface area contributed by atoms with Crippen LogP contribution in [-0.4, -0.2) is 31.5 Å². The Kier molecular flexibility index (Phi) is 5.85. The number of carbonyl (C=O) groups is 1. The number of para-hydroxylation sites is 1. The van der Waals surface area contributed by atoms with Gasteiger partial charge in [-0.3, -0.25) is 9.36 Å². The molecule has 0 aliphatic rings. The van der Waals surface area contributed by atoms with Crippen molar-refractivity contribution in [2.24, 2.45) is 5.92 Å². The number of thioether (sulfide) groups is 1. The topological polar surface area (TPSA) is 83.6 Å². The first-order chi connectivity index (χ1) is 11.8. The highest BCUT2D eigenvalue weighted by Gasteiger charge is 2.32. The first kappa shape index (κ1) is 19.0. The third-order valence-electron chi connectivity index (χ3n) is 4.23. The van der Waals surface area contributed by atoms with Gasteiger partial charge in [0.25, 0.3) is 0 Å². The van der Waals surface area contributed by atoms with Crippen LogP contribution in [0.3, 0.4) is 0 Å². The van der Waals surface area contributed by atoms with Gasteiger partial charge in [-0.25, -0.2) is 0 Å². The zero-order valence-corrected chi connectivity index (χ0v) is 16.0. The van der Waals surface area contributed by atoms with Crippen LogP contribution in [0.25, 0.3) is 5.69 Å². The monoisotopic (exact) mass is 357 g/mol. The molecule has 0 saturated heterocycles. The van der Waals surface area contributed by atoms with Gasteiger partial charge in [0.15, 0.2) is 5.16 Å². The Bertz CT molecular complexity index is 781. The molecule has 132 valence electrons. The SMILES string of the molecule is Cc1nnc(S[C@H](C)C(=O)N[C@](C)(C#N)C(C)C)n1-c1ccccc1. The highest BCUT2D eigenvalue weighted by Crippen LogP contribution is 2.26. The maximum Gasteiger partial charge on any atom is 0.234 e. The Morgan fingerprint density at radius 1 is 1.28 bits per heavy atom. The van der Waals surface area contributed by atoms with Gasteiger partial charge < -0.3 is 5.32 Å². The van der Waals surface area contributed by atoms with Crippen molar-refractivity contribution < 1.29 is 4.79 Å². The Morgan fingerprint density at radius 2 is 1.92 bits per heavy atom. The summed E-state index contributed by atoms with van der Waals surface area (Å²) in [7, 11) is 0. The van der Waals surface area contributed by atoms with Crippen LogP contribution in [0, 0.1) is 24.2 Å². The van der Waals surface area contributed by atoms with E-state index in [1.165, 1.54) is 11.8 Å². The quantitative estimate of drug-likeness (QED) is 0.803. The molecule has 1 amide bonds. The van der Waals surface area contributed by atoms with Gasteiger partial charge in [0.1, 0.15) is 11.4 Å². The van der Waals surface area contributed by atoms with Crippen molar-refractivity contribution in [2.75, 3.05) is 0 Å². The van der Waals surface area contributed by atoms with Gasteiger partial charge in [-0.15, -0.1) is 10.2 Å².